The topological polar surface area (TPSA) is 41.6 Å². The fraction of sp³-hybridized carbons (Fsp3) is 0.929. The molecule has 1 aliphatic heterocycles. The first-order valence-electron chi connectivity index (χ1n) is 6.93. The smallest absolute Gasteiger partial charge is 0.410 e. The first kappa shape index (κ1) is 15.3. The van der Waals surface area contributed by atoms with E-state index in [1.165, 1.54) is 0 Å². The van der Waals surface area contributed by atoms with Gasteiger partial charge in [0.1, 0.15) is 5.60 Å². The van der Waals surface area contributed by atoms with Crippen molar-refractivity contribution in [2.75, 3.05) is 13.1 Å². The number of ether oxygens (including phenoxy) is 1. The lowest BCUT2D eigenvalue weighted by molar-refractivity contribution is 0.0290. The van der Waals surface area contributed by atoms with Crippen LogP contribution in [0.5, 0.6) is 0 Å². The average Bonchev–Trinajstić information content (AvgIpc) is 2.63. The van der Waals surface area contributed by atoms with Crippen molar-refractivity contribution in [1.82, 2.24) is 10.2 Å². The molecule has 1 rings (SSSR count). The molecule has 0 aromatic rings. The first-order valence-corrected chi connectivity index (χ1v) is 6.93. The maximum Gasteiger partial charge on any atom is 0.410 e. The van der Waals surface area contributed by atoms with Crippen LogP contribution in [0.4, 0.5) is 4.79 Å². The number of nitrogens with one attached hydrogen (secondary N) is 1. The lowest BCUT2D eigenvalue weighted by Gasteiger charge is -2.25. The molecule has 1 N–H and O–H groups in total. The molecular weight excluding hydrogens is 228 g/mol. The van der Waals surface area contributed by atoms with Gasteiger partial charge in [-0.1, -0.05) is 13.8 Å². The van der Waals surface area contributed by atoms with Crippen molar-refractivity contribution in [1.29, 1.82) is 0 Å². The highest BCUT2D eigenvalue weighted by Crippen LogP contribution is 2.16. The van der Waals surface area contributed by atoms with Crippen molar-refractivity contribution in [3.8, 4) is 0 Å². The summed E-state index contributed by atoms with van der Waals surface area (Å²) >= 11 is 0. The van der Waals surface area contributed by atoms with Crippen LogP contribution in [0.25, 0.3) is 0 Å². The van der Waals surface area contributed by atoms with E-state index in [1.807, 2.05) is 20.8 Å². The van der Waals surface area contributed by atoms with E-state index in [-0.39, 0.29) is 6.09 Å². The molecule has 2 unspecified atom stereocenters. The Balaban J connectivity index is 2.39. The molecule has 1 amide bonds. The van der Waals surface area contributed by atoms with E-state index >= 15 is 0 Å². The summed E-state index contributed by atoms with van der Waals surface area (Å²) in [7, 11) is 0. The molecule has 0 bridgehead atoms. The van der Waals surface area contributed by atoms with E-state index < -0.39 is 5.60 Å². The van der Waals surface area contributed by atoms with Gasteiger partial charge in [-0.3, -0.25) is 0 Å². The molecule has 2 atom stereocenters. The standard InChI is InChI=1S/C14H28N2O2/c1-10(2)11(3)15-12-7-8-16(9-12)13(17)18-14(4,5)6/h10-12,15H,7-9H2,1-6H3. The van der Waals surface area contributed by atoms with Crippen LogP contribution in [0.2, 0.25) is 0 Å². The number of nitrogens with zero attached hydrogens (tertiary/aromatic N) is 1. The minimum atomic E-state index is -0.409. The average molecular weight is 256 g/mol. The van der Waals surface area contributed by atoms with Gasteiger partial charge in [0.15, 0.2) is 0 Å². The van der Waals surface area contributed by atoms with E-state index in [9.17, 15) is 4.79 Å². The Morgan fingerprint density at radius 1 is 1.33 bits per heavy atom. The first-order chi connectivity index (χ1) is 8.19. The van der Waals surface area contributed by atoms with Gasteiger partial charge in [0.2, 0.25) is 0 Å². The Morgan fingerprint density at radius 3 is 2.44 bits per heavy atom. The molecule has 0 radical (unpaired) electrons. The molecule has 18 heavy (non-hydrogen) atoms. The number of carbonyl (C=O) groups excluding carboxylic acids is 1. The number of hydrogen-bond acceptors (Lipinski definition) is 3. The highest BCUT2D eigenvalue weighted by Gasteiger charge is 2.30. The molecule has 0 spiro atoms. The predicted molar refractivity (Wildman–Crippen MR) is 73.6 cm³/mol. The fourth-order valence-electron chi connectivity index (χ4n) is 1.95. The largest absolute Gasteiger partial charge is 0.444 e. The highest BCUT2D eigenvalue weighted by molar-refractivity contribution is 5.68. The van der Waals surface area contributed by atoms with Crippen LogP contribution in [0.3, 0.4) is 0 Å². The second-order valence-corrected chi connectivity index (χ2v) is 6.61. The van der Waals surface area contributed by atoms with Gasteiger partial charge >= 0.3 is 6.09 Å². The number of carbonyl (C=O) groups is 1. The van der Waals surface area contributed by atoms with Crippen LogP contribution in [-0.4, -0.2) is 41.8 Å². The van der Waals surface area contributed by atoms with E-state index in [4.69, 9.17) is 4.74 Å². The molecular formula is C14H28N2O2. The number of rotatable bonds is 3. The fourth-order valence-corrected chi connectivity index (χ4v) is 1.95. The Hall–Kier alpha value is -0.770. The summed E-state index contributed by atoms with van der Waals surface area (Å²) in [6.45, 7) is 13.9. The number of hydrogen-bond donors (Lipinski definition) is 1. The van der Waals surface area contributed by atoms with Crippen molar-refractivity contribution in [2.24, 2.45) is 5.92 Å². The van der Waals surface area contributed by atoms with E-state index in [0.29, 0.717) is 18.0 Å². The minimum absolute atomic E-state index is 0.191. The third-order valence-corrected chi connectivity index (χ3v) is 3.34. The summed E-state index contributed by atoms with van der Waals surface area (Å²) in [5, 5.41) is 3.58. The minimum Gasteiger partial charge on any atom is -0.444 e. The van der Waals surface area contributed by atoms with Gasteiger partial charge in [0.05, 0.1) is 0 Å². The van der Waals surface area contributed by atoms with Crippen LogP contribution in [0.15, 0.2) is 0 Å². The second-order valence-electron chi connectivity index (χ2n) is 6.61. The third-order valence-electron chi connectivity index (χ3n) is 3.34. The quantitative estimate of drug-likeness (QED) is 0.844. The van der Waals surface area contributed by atoms with Crippen LogP contribution in [-0.2, 0) is 4.74 Å². The highest BCUT2D eigenvalue weighted by atomic mass is 16.6. The molecule has 106 valence electrons. The summed E-state index contributed by atoms with van der Waals surface area (Å²) in [6.07, 6.45) is 0.819. The van der Waals surface area contributed by atoms with Crippen molar-refractivity contribution < 1.29 is 9.53 Å². The van der Waals surface area contributed by atoms with Crippen LogP contribution >= 0.6 is 0 Å². The zero-order chi connectivity index (χ0) is 13.9. The zero-order valence-corrected chi connectivity index (χ0v) is 12.6. The van der Waals surface area contributed by atoms with Crippen LogP contribution in [0, 0.1) is 5.92 Å². The van der Waals surface area contributed by atoms with Crippen molar-refractivity contribution in [3.63, 3.8) is 0 Å². The van der Waals surface area contributed by atoms with Gasteiger partial charge in [0, 0.05) is 25.2 Å². The molecule has 0 aromatic heterocycles. The number of amides is 1. The molecule has 0 saturated carbocycles. The summed E-state index contributed by atoms with van der Waals surface area (Å²) in [5.74, 6) is 0.612. The van der Waals surface area contributed by atoms with Crippen molar-refractivity contribution in [2.45, 2.75) is 65.6 Å². The van der Waals surface area contributed by atoms with Crippen LogP contribution < -0.4 is 5.32 Å². The van der Waals surface area contributed by atoms with E-state index in [1.54, 1.807) is 4.90 Å². The molecule has 1 aliphatic rings. The van der Waals surface area contributed by atoms with Gasteiger partial charge < -0.3 is 15.0 Å². The van der Waals surface area contributed by atoms with Crippen molar-refractivity contribution >= 4 is 6.09 Å². The molecule has 0 aromatic carbocycles. The SMILES string of the molecule is CC(C)C(C)NC1CCN(C(=O)OC(C)(C)C)C1. The summed E-state index contributed by atoms with van der Waals surface area (Å²) in [6, 6.07) is 0.878. The maximum absolute atomic E-state index is 11.9. The Morgan fingerprint density at radius 2 is 1.94 bits per heavy atom. The Kier molecular flexibility index (Phi) is 5.02. The normalized spacial score (nSPS) is 22.4. The molecule has 1 saturated heterocycles. The van der Waals surface area contributed by atoms with E-state index in [2.05, 4.69) is 26.1 Å². The van der Waals surface area contributed by atoms with E-state index in [0.717, 1.165) is 19.5 Å². The summed E-state index contributed by atoms with van der Waals surface area (Å²) < 4.78 is 5.38. The van der Waals surface area contributed by atoms with Gasteiger partial charge in [-0.25, -0.2) is 4.79 Å². The maximum atomic E-state index is 11.9. The zero-order valence-electron chi connectivity index (χ0n) is 12.6. The Labute approximate surface area is 111 Å². The lowest BCUT2D eigenvalue weighted by atomic mass is 10.1. The van der Waals surface area contributed by atoms with Gasteiger partial charge in [0.25, 0.3) is 0 Å². The lowest BCUT2D eigenvalue weighted by Crippen LogP contribution is -2.42. The van der Waals surface area contributed by atoms with Crippen LogP contribution in [0.1, 0.15) is 48.0 Å². The second kappa shape index (κ2) is 5.91. The molecule has 0 aliphatic carbocycles. The molecule has 4 heteroatoms. The van der Waals surface area contributed by atoms with Gasteiger partial charge in [-0.05, 0) is 40.0 Å². The Bertz CT molecular complexity index is 284. The number of likely N-dealkylation sites (tertiary alicyclic amines) is 1. The van der Waals surface area contributed by atoms with Crippen molar-refractivity contribution in [3.05, 3.63) is 0 Å². The summed E-state index contributed by atoms with van der Waals surface area (Å²) in [5.41, 5.74) is -0.409. The molecule has 1 fully saturated rings. The third kappa shape index (κ3) is 4.84. The predicted octanol–water partition coefficient (Wildman–Crippen LogP) is 2.63. The van der Waals surface area contributed by atoms with Gasteiger partial charge in [-0.15, -0.1) is 0 Å². The monoisotopic (exact) mass is 256 g/mol. The molecule has 4 nitrogen and oxygen atoms in total. The summed E-state index contributed by atoms with van der Waals surface area (Å²) in [4.78, 5) is 13.7. The van der Waals surface area contributed by atoms with Gasteiger partial charge in [-0.2, -0.15) is 0 Å². The molecule has 1 heterocycles.